The fourth-order valence-corrected chi connectivity index (χ4v) is 2.72. The first-order chi connectivity index (χ1) is 11.6. The molecule has 1 N–H and O–H groups in total. The molecular weight excluding hydrogens is 374 g/mol. The van der Waals surface area contributed by atoms with Gasteiger partial charge in [0.1, 0.15) is 11.9 Å². The smallest absolute Gasteiger partial charge is 0.321 e. The van der Waals surface area contributed by atoms with Gasteiger partial charge in [0.15, 0.2) is 0 Å². The number of amides is 2. The van der Waals surface area contributed by atoms with Gasteiger partial charge in [-0.15, -0.1) is 0 Å². The summed E-state index contributed by atoms with van der Waals surface area (Å²) in [6.07, 6.45) is 2.44. The predicted octanol–water partition coefficient (Wildman–Crippen LogP) is 3.54. The van der Waals surface area contributed by atoms with E-state index < -0.39 is 0 Å². The van der Waals surface area contributed by atoms with Gasteiger partial charge in [0.25, 0.3) is 0 Å². The molecule has 1 unspecified atom stereocenters. The molecule has 1 aliphatic heterocycles. The number of benzene rings is 1. The fourth-order valence-electron chi connectivity index (χ4n) is 2.49. The fraction of sp³-hybridized carbons (Fsp3) is 0.294. The van der Waals surface area contributed by atoms with Gasteiger partial charge >= 0.3 is 6.03 Å². The molecule has 0 bridgehead atoms. The number of ether oxygens (including phenoxy) is 2. The average molecular weight is 392 g/mol. The van der Waals surface area contributed by atoms with E-state index in [2.05, 4.69) is 26.2 Å². The number of rotatable bonds is 4. The van der Waals surface area contributed by atoms with Crippen LogP contribution in [-0.2, 0) is 0 Å². The van der Waals surface area contributed by atoms with Crippen molar-refractivity contribution in [3.05, 3.63) is 47.1 Å². The van der Waals surface area contributed by atoms with Crippen LogP contribution in [0.2, 0.25) is 0 Å². The van der Waals surface area contributed by atoms with Crippen LogP contribution in [-0.4, -0.2) is 42.2 Å². The van der Waals surface area contributed by atoms with Gasteiger partial charge in [0, 0.05) is 35.4 Å². The summed E-state index contributed by atoms with van der Waals surface area (Å²) in [7, 11) is 1.61. The summed E-state index contributed by atoms with van der Waals surface area (Å²) in [5.41, 5.74) is 0.736. The van der Waals surface area contributed by atoms with Gasteiger partial charge in [0.2, 0.25) is 5.88 Å². The Balaban J connectivity index is 1.52. The predicted molar refractivity (Wildman–Crippen MR) is 94.6 cm³/mol. The van der Waals surface area contributed by atoms with Crippen LogP contribution in [0.1, 0.15) is 6.42 Å². The number of anilines is 1. The highest BCUT2D eigenvalue weighted by Gasteiger charge is 2.28. The van der Waals surface area contributed by atoms with Crippen LogP contribution >= 0.6 is 15.9 Å². The molecule has 7 heteroatoms. The first-order valence-corrected chi connectivity index (χ1v) is 8.41. The minimum absolute atomic E-state index is 0.0414. The normalized spacial score (nSPS) is 16.8. The zero-order valence-corrected chi connectivity index (χ0v) is 14.8. The lowest BCUT2D eigenvalue weighted by Crippen LogP contribution is -2.34. The molecule has 2 aromatic rings. The Morgan fingerprint density at radius 1 is 1.29 bits per heavy atom. The molecule has 6 nitrogen and oxygen atoms in total. The van der Waals surface area contributed by atoms with E-state index in [-0.39, 0.29) is 12.1 Å². The van der Waals surface area contributed by atoms with E-state index >= 15 is 0 Å². The van der Waals surface area contributed by atoms with E-state index in [0.717, 1.165) is 22.3 Å². The Kier molecular flexibility index (Phi) is 5.20. The molecule has 2 amide bonds. The number of nitrogens with zero attached hydrogens (tertiary/aromatic N) is 2. The summed E-state index contributed by atoms with van der Waals surface area (Å²) in [5, 5.41) is 2.88. The molecule has 2 heterocycles. The Labute approximate surface area is 148 Å². The molecule has 1 fully saturated rings. The second-order valence-electron chi connectivity index (χ2n) is 5.45. The van der Waals surface area contributed by atoms with Crippen LogP contribution in [0.5, 0.6) is 11.6 Å². The molecule has 3 rings (SSSR count). The van der Waals surface area contributed by atoms with Crippen molar-refractivity contribution >= 4 is 27.6 Å². The van der Waals surface area contributed by atoms with Crippen LogP contribution in [0.4, 0.5) is 10.5 Å². The van der Waals surface area contributed by atoms with Crippen LogP contribution in [0.3, 0.4) is 0 Å². The van der Waals surface area contributed by atoms with Gasteiger partial charge < -0.3 is 19.7 Å². The molecule has 0 spiro atoms. The summed E-state index contributed by atoms with van der Waals surface area (Å²) < 4.78 is 11.8. The van der Waals surface area contributed by atoms with Gasteiger partial charge in [-0.1, -0.05) is 0 Å². The SMILES string of the molecule is COc1ccc(NC(=O)N2CCC(Oc3ccc(Br)cn3)C2)cc1. The highest BCUT2D eigenvalue weighted by Crippen LogP contribution is 2.20. The minimum Gasteiger partial charge on any atom is -0.497 e. The number of hydrogen-bond acceptors (Lipinski definition) is 4. The number of pyridine rings is 1. The van der Waals surface area contributed by atoms with Gasteiger partial charge in [-0.2, -0.15) is 0 Å². The third-order valence-corrected chi connectivity index (χ3v) is 4.23. The zero-order chi connectivity index (χ0) is 16.9. The maximum Gasteiger partial charge on any atom is 0.321 e. The number of hydrogen-bond donors (Lipinski definition) is 1. The van der Waals surface area contributed by atoms with E-state index in [0.29, 0.717) is 19.0 Å². The Morgan fingerprint density at radius 2 is 2.08 bits per heavy atom. The topological polar surface area (TPSA) is 63.7 Å². The first kappa shape index (κ1) is 16.6. The molecular formula is C17H18BrN3O3. The number of urea groups is 1. The van der Waals surface area contributed by atoms with Crippen LogP contribution in [0.15, 0.2) is 47.1 Å². The van der Waals surface area contributed by atoms with Crippen LogP contribution in [0, 0.1) is 0 Å². The van der Waals surface area contributed by atoms with Crippen molar-refractivity contribution in [1.29, 1.82) is 0 Å². The highest BCUT2D eigenvalue weighted by atomic mass is 79.9. The summed E-state index contributed by atoms with van der Waals surface area (Å²) in [4.78, 5) is 18.3. The largest absolute Gasteiger partial charge is 0.497 e. The lowest BCUT2D eigenvalue weighted by molar-refractivity contribution is 0.190. The van der Waals surface area contributed by atoms with Gasteiger partial charge in [0.05, 0.1) is 13.7 Å². The summed E-state index contributed by atoms with van der Waals surface area (Å²) in [6.45, 7) is 1.20. The van der Waals surface area contributed by atoms with Crippen molar-refractivity contribution < 1.29 is 14.3 Å². The van der Waals surface area contributed by atoms with Gasteiger partial charge in [-0.05, 0) is 46.3 Å². The molecule has 1 aromatic carbocycles. The van der Waals surface area contributed by atoms with Crippen molar-refractivity contribution in [3.8, 4) is 11.6 Å². The van der Waals surface area contributed by atoms with E-state index in [1.807, 2.05) is 36.4 Å². The van der Waals surface area contributed by atoms with Gasteiger partial charge in [-0.25, -0.2) is 9.78 Å². The summed E-state index contributed by atoms with van der Waals surface area (Å²) >= 11 is 3.34. The van der Waals surface area contributed by atoms with Crippen molar-refractivity contribution in [2.24, 2.45) is 0 Å². The average Bonchev–Trinajstić information content (AvgIpc) is 3.06. The molecule has 1 aromatic heterocycles. The second-order valence-corrected chi connectivity index (χ2v) is 6.36. The molecule has 1 atom stereocenters. The maximum atomic E-state index is 12.3. The number of halogens is 1. The number of methoxy groups -OCH3 is 1. The molecule has 126 valence electrons. The van der Waals surface area contributed by atoms with E-state index in [9.17, 15) is 4.79 Å². The summed E-state index contributed by atoms with van der Waals surface area (Å²) in [5.74, 6) is 1.32. The molecule has 0 aliphatic carbocycles. The third kappa shape index (κ3) is 4.17. The lowest BCUT2D eigenvalue weighted by atomic mass is 10.3. The summed E-state index contributed by atoms with van der Waals surface area (Å²) in [6, 6.07) is 10.8. The quantitative estimate of drug-likeness (QED) is 0.865. The number of likely N-dealkylation sites (tertiary alicyclic amines) is 1. The minimum atomic E-state index is -0.130. The number of carbonyl (C=O) groups is 1. The second kappa shape index (κ2) is 7.53. The standard InChI is InChI=1S/C17H18BrN3O3/c1-23-14-5-3-13(4-6-14)20-17(22)21-9-8-15(11-21)24-16-7-2-12(18)10-19-16/h2-7,10,15H,8-9,11H2,1H3,(H,20,22). The highest BCUT2D eigenvalue weighted by molar-refractivity contribution is 9.10. The zero-order valence-electron chi connectivity index (χ0n) is 13.2. The molecule has 24 heavy (non-hydrogen) atoms. The maximum absolute atomic E-state index is 12.3. The van der Waals surface area contributed by atoms with Crippen molar-refractivity contribution in [1.82, 2.24) is 9.88 Å². The first-order valence-electron chi connectivity index (χ1n) is 7.62. The Bertz CT molecular complexity index is 691. The van der Waals surface area contributed by atoms with Crippen molar-refractivity contribution in [2.75, 3.05) is 25.5 Å². The van der Waals surface area contributed by atoms with E-state index in [4.69, 9.17) is 9.47 Å². The van der Waals surface area contributed by atoms with Gasteiger partial charge in [-0.3, -0.25) is 0 Å². The third-order valence-electron chi connectivity index (χ3n) is 3.76. The number of aromatic nitrogens is 1. The molecule has 0 saturated carbocycles. The number of carbonyl (C=O) groups excluding carboxylic acids is 1. The monoisotopic (exact) mass is 391 g/mol. The van der Waals surface area contributed by atoms with E-state index in [1.165, 1.54) is 0 Å². The lowest BCUT2D eigenvalue weighted by Gasteiger charge is -2.18. The van der Waals surface area contributed by atoms with E-state index in [1.54, 1.807) is 18.2 Å². The number of nitrogens with one attached hydrogen (secondary N) is 1. The van der Waals surface area contributed by atoms with Crippen LogP contribution < -0.4 is 14.8 Å². The Morgan fingerprint density at radius 3 is 2.75 bits per heavy atom. The van der Waals surface area contributed by atoms with Crippen LogP contribution in [0.25, 0.3) is 0 Å². The van der Waals surface area contributed by atoms with Crippen molar-refractivity contribution in [2.45, 2.75) is 12.5 Å². The van der Waals surface area contributed by atoms with Crippen molar-refractivity contribution in [3.63, 3.8) is 0 Å². The Hall–Kier alpha value is -2.28. The molecule has 0 radical (unpaired) electrons. The molecule has 1 saturated heterocycles. The molecule has 1 aliphatic rings.